The van der Waals surface area contributed by atoms with E-state index in [4.69, 9.17) is 4.42 Å². The zero-order valence-corrected chi connectivity index (χ0v) is 20.8. The van der Waals surface area contributed by atoms with E-state index >= 15 is 0 Å². The van der Waals surface area contributed by atoms with Crippen LogP contribution in [0.15, 0.2) is 57.7 Å². The molecule has 0 spiro atoms. The van der Waals surface area contributed by atoms with Gasteiger partial charge in [-0.3, -0.25) is 0 Å². The SMILES string of the molecule is CCCCN(CCC(C)C)c1ccc2cc(C=Cc3sc4ccccc4[n+]3C)c(=O)oc2c1. The van der Waals surface area contributed by atoms with Crippen LogP contribution in [0.2, 0.25) is 0 Å². The van der Waals surface area contributed by atoms with Crippen LogP contribution in [0.3, 0.4) is 0 Å². The molecule has 172 valence electrons. The van der Waals surface area contributed by atoms with E-state index in [0.717, 1.165) is 48.4 Å². The number of hydrogen-bond donors (Lipinski definition) is 0. The molecule has 0 aliphatic carbocycles. The Hall–Kier alpha value is -2.92. The topological polar surface area (TPSA) is 37.3 Å². The summed E-state index contributed by atoms with van der Waals surface area (Å²) in [4.78, 5) is 15.2. The standard InChI is InChI=1S/C28H33N2O2S/c1-5-6-16-30(17-15-20(2)3)23-13-11-21-18-22(28(31)32-25(21)19-23)12-14-27-29(4)24-9-7-8-10-26(24)33-27/h7-14,18-20H,5-6,15-17H2,1-4H3/q+1. The van der Waals surface area contributed by atoms with Gasteiger partial charge >= 0.3 is 5.63 Å². The summed E-state index contributed by atoms with van der Waals surface area (Å²) < 4.78 is 9.13. The molecule has 2 aromatic heterocycles. The van der Waals surface area contributed by atoms with Crippen LogP contribution in [0.25, 0.3) is 33.3 Å². The van der Waals surface area contributed by atoms with Crippen LogP contribution in [0.5, 0.6) is 0 Å². The summed E-state index contributed by atoms with van der Waals surface area (Å²) in [5.41, 5.74) is 3.22. The molecule has 0 amide bonds. The fourth-order valence-electron chi connectivity index (χ4n) is 3.99. The van der Waals surface area contributed by atoms with Gasteiger partial charge in [0.1, 0.15) is 17.3 Å². The molecule has 0 unspecified atom stereocenters. The molecule has 0 fully saturated rings. The van der Waals surface area contributed by atoms with Gasteiger partial charge in [-0.2, -0.15) is 4.57 Å². The van der Waals surface area contributed by atoms with E-state index in [1.165, 1.54) is 10.2 Å². The normalized spacial score (nSPS) is 11.9. The van der Waals surface area contributed by atoms with Crippen molar-refractivity contribution in [3.63, 3.8) is 0 Å². The Kier molecular flexibility index (Phi) is 7.29. The van der Waals surface area contributed by atoms with Crippen LogP contribution in [0.1, 0.15) is 50.6 Å². The summed E-state index contributed by atoms with van der Waals surface area (Å²) in [5, 5.41) is 2.03. The molecule has 0 saturated heterocycles. The van der Waals surface area contributed by atoms with Crippen molar-refractivity contribution < 1.29 is 8.98 Å². The van der Waals surface area contributed by atoms with Crippen molar-refractivity contribution in [2.75, 3.05) is 18.0 Å². The number of nitrogens with zero attached hydrogens (tertiary/aromatic N) is 2. The van der Waals surface area contributed by atoms with Gasteiger partial charge < -0.3 is 9.32 Å². The zero-order chi connectivity index (χ0) is 23.4. The molecule has 0 aliphatic rings. The van der Waals surface area contributed by atoms with Crippen LogP contribution in [0, 0.1) is 5.92 Å². The smallest absolute Gasteiger partial charge is 0.343 e. The highest BCUT2D eigenvalue weighted by molar-refractivity contribution is 7.18. The van der Waals surface area contributed by atoms with Crippen LogP contribution >= 0.6 is 11.3 Å². The fourth-order valence-corrected chi connectivity index (χ4v) is 5.04. The maximum absolute atomic E-state index is 12.7. The third-order valence-electron chi connectivity index (χ3n) is 6.05. The van der Waals surface area contributed by atoms with Crippen molar-refractivity contribution in [2.24, 2.45) is 13.0 Å². The molecule has 0 atom stereocenters. The number of fused-ring (bicyclic) bond motifs is 2. The first-order chi connectivity index (χ1) is 16.0. The van der Waals surface area contributed by atoms with Crippen molar-refractivity contribution in [1.82, 2.24) is 0 Å². The summed E-state index contributed by atoms with van der Waals surface area (Å²) in [5.74, 6) is 0.657. The summed E-state index contributed by atoms with van der Waals surface area (Å²) in [7, 11) is 2.05. The predicted molar refractivity (Wildman–Crippen MR) is 141 cm³/mol. The van der Waals surface area contributed by atoms with Gasteiger partial charge in [-0.25, -0.2) is 4.79 Å². The molecule has 2 aromatic carbocycles. The Balaban J connectivity index is 1.62. The minimum absolute atomic E-state index is 0.304. The maximum atomic E-state index is 12.7. The molecule has 4 aromatic rings. The maximum Gasteiger partial charge on any atom is 0.343 e. The summed E-state index contributed by atoms with van der Waals surface area (Å²) >= 11 is 1.71. The second-order valence-electron chi connectivity index (χ2n) is 9.03. The Morgan fingerprint density at radius 3 is 2.67 bits per heavy atom. The number of thiazole rings is 1. The summed E-state index contributed by atoms with van der Waals surface area (Å²) in [6.45, 7) is 8.76. The van der Waals surface area contributed by atoms with Crippen LogP contribution < -0.4 is 15.1 Å². The second kappa shape index (κ2) is 10.3. The highest BCUT2D eigenvalue weighted by Gasteiger charge is 2.14. The van der Waals surface area contributed by atoms with E-state index in [1.807, 2.05) is 43.5 Å². The lowest BCUT2D eigenvalue weighted by Gasteiger charge is -2.25. The number of hydrogen-bond acceptors (Lipinski definition) is 4. The number of anilines is 1. The molecule has 0 bridgehead atoms. The number of aryl methyl sites for hydroxylation is 1. The summed E-state index contributed by atoms with van der Waals surface area (Å²) in [6.07, 6.45) is 7.31. The Morgan fingerprint density at radius 2 is 1.91 bits per heavy atom. The average molecular weight is 462 g/mol. The number of para-hydroxylation sites is 1. The summed E-state index contributed by atoms with van der Waals surface area (Å²) in [6, 6.07) is 16.5. The van der Waals surface area contributed by atoms with Gasteiger partial charge in [0.15, 0.2) is 0 Å². The quantitative estimate of drug-likeness (QED) is 0.207. The van der Waals surface area contributed by atoms with Crippen LogP contribution in [-0.4, -0.2) is 13.1 Å². The minimum Gasteiger partial charge on any atom is -0.422 e. The number of benzene rings is 2. The lowest BCUT2D eigenvalue weighted by molar-refractivity contribution is -0.642. The van der Waals surface area contributed by atoms with Gasteiger partial charge in [-0.1, -0.05) is 50.7 Å². The van der Waals surface area contributed by atoms with E-state index in [1.54, 1.807) is 11.3 Å². The molecule has 0 aliphatic heterocycles. The fraction of sp³-hybridized carbons (Fsp3) is 0.357. The molecule has 5 heteroatoms. The van der Waals surface area contributed by atoms with Crippen molar-refractivity contribution >= 4 is 50.4 Å². The molecular formula is C28H33N2O2S+. The van der Waals surface area contributed by atoms with Gasteiger partial charge in [0, 0.05) is 42.4 Å². The van der Waals surface area contributed by atoms with Crippen molar-refractivity contribution in [3.8, 4) is 0 Å². The zero-order valence-electron chi connectivity index (χ0n) is 20.0. The van der Waals surface area contributed by atoms with Gasteiger partial charge in [-0.05, 0) is 49.1 Å². The highest BCUT2D eigenvalue weighted by atomic mass is 32.1. The molecule has 4 rings (SSSR count). The highest BCUT2D eigenvalue weighted by Crippen LogP contribution is 2.25. The first-order valence-corrected chi connectivity index (χ1v) is 12.7. The molecule has 2 heterocycles. The Labute approximate surface area is 199 Å². The first-order valence-electron chi connectivity index (χ1n) is 11.8. The van der Waals surface area contributed by atoms with Gasteiger partial charge in [0.05, 0.1) is 5.56 Å². The minimum atomic E-state index is -0.304. The molecule has 0 N–H and O–H groups in total. The lowest BCUT2D eigenvalue weighted by atomic mass is 10.1. The third-order valence-corrected chi connectivity index (χ3v) is 7.23. The third kappa shape index (κ3) is 5.36. The Morgan fingerprint density at radius 1 is 1.09 bits per heavy atom. The number of rotatable bonds is 9. The van der Waals surface area contributed by atoms with Crippen molar-refractivity contribution in [1.29, 1.82) is 0 Å². The van der Waals surface area contributed by atoms with Gasteiger partial charge in [0.25, 0.3) is 5.01 Å². The van der Waals surface area contributed by atoms with E-state index in [0.29, 0.717) is 17.1 Å². The number of unbranched alkanes of at least 4 members (excludes halogenated alkanes) is 1. The average Bonchev–Trinajstić information content (AvgIpc) is 3.13. The van der Waals surface area contributed by atoms with E-state index in [-0.39, 0.29) is 5.63 Å². The first kappa shape index (κ1) is 23.2. The number of aromatic nitrogens is 1. The molecule has 4 nitrogen and oxygen atoms in total. The second-order valence-corrected chi connectivity index (χ2v) is 10.1. The molecule has 0 radical (unpaired) electrons. The molecule has 0 saturated carbocycles. The predicted octanol–water partition coefficient (Wildman–Crippen LogP) is 6.66. The van der Waals surface area contributed by atoms with E-state index in [2.05, 4.69) is 54.5 Å². The van der Waals surface area contributed by atoms with Gasteiger partial charge in [-0.15, -0.1) is 0 Å². The molecule has 33 heavy (non-hydrogen) atoms. The van der Waals surface area contributed by atoms with Gasteiger partial charge in [0.2, 0.25) is 5.52 Å². The van der Waals surface area contributed by atoms with Crippen molar-refractivity contribution in [3.05, 3.63) is 69.5 Å². The van der Waals surface area contributed by atoms with Crippen LogP contribution in [-0.2, 0) is 7.05 Å². The lowest BCUT2D eigenvalue weighted by Crippen LogP contribution is -2.28. The van der Waals surface area contributed by atoms with Crippen molar-refractivity contribution in [2.45, 2.75) is 40.0 Å². The monoisotopic (exact) mass is 461 g/mol. The molecular weight excluding hydrogens is 428 g/mol. The van der Waals surface area contributed by atoms with Crippen LogP contribution in [0.4, 0.5) is 5.69 Å². The Bertz CT molecular complexity index is 1330. The van der Waals surface area contributed by atoms with E-state index < -0.39 is 0 Å². The largest absolute Gasteiger partial charge is 0.422 e. The van der Waals surface area contributed by atoms with E-state index in [9.17, 15) is 4.79 Å².